The summed E-state index contributed by atoms with van der Waals surface area (Å²) in [4.78, 5) is 7.20. The van der Waals surface area contributed by atoms with Crippen molar-refractivity contribution in [2.45, 2.75) is 31.6 Å². The van der Waals surface area contributed by atoms with Gasteiger partial charge in [0.05, 0.1) is 16.8 Å². The molecule has 1 saturated heterocycles. The third kappa shape index (κ3) is 5.43. The fourth-order valence-electron chi connectivity index (χ4n) is 3.85. The van der Waals surface area contributed by atoms with Crippen LogP contribution < -0.4 is 10.3 Å². The van der Waals surface area contributed by atoms with Crippen LogP contribution in [0.25, 0.3) is 11.3 Å². The number of nitrogens with one attached hydrogen (secondary N) is 1. The number of hydrazone groups is 1. The number of rotatable bonds is 9. The molecule has 9 heteroatoms. The van der Waals surface area contributed by atoms with E-state index in [1.165, 1.54) is 17.0 Å². The molecule has 0 unspecified atom stereocenters. The maximum absolute atomic E-state index is 12.7. The Hall–Kier alpha value is -2.75. The highest BCUT2D eigenvalue weighted by Gasteiger charge is 2.27. The molecule has 0 radical (unpaired) electrons. The number of benzene rings is 2. The largest absolute Gasteiger partial charge is 0.372 e. The second-order valence-corrected chi connectivity index (χ2v) is 10.6. The minimum Gasteiger partial charge on any atom is -0.372 e. The fraction of sp³-hybridized carbons (Fsp3) is 0.333. The molecule has 1 fully saturated rings. The Labute approximate surface area is 199 Å². The molecule has 1 aliphatic heterocycles. The van der Waals surface area contributed by atoms with Crippen molar-refractivity contribution in [1.29, 1.82) is 0 Å². The molecule has 1 aliphatic rings. The van der Waals surface area contributed by atoms with Crippen LogP contribution in [-0.4, -0.2) is 50.1 Å². The lowest BCUT2D eigenvalue weighted by Gasteiger charge is -2.20. The molecule has 4 rings (SSSR count). The molecule has 174 valence electrons. The number of thiazole rings is 1. The predicted octanol–water partition coefficient (Wildman–Crippen LogP) is 4.89. The normalized spacial score (nSPS) is 14.7. The minimum atomic E-state index is -3.40. The summed E-state index contributed by atoms with van der Waals surface area (Å²) in [7, 11) is -3.40. The van der Waals surface area contributed by atoms with E-state index in [1.807, 2.05) is 29.6 Å². The van der Waals surface area contributed by atoms with Crippen molar-refractivity contribution < 1.29 is 8.42 Å². The first-order valence-electron chi connectivity index (χ1n) is 11.2. The van der Waals surface area contributed by atoms with Gasteiger partial charge in [-0.05, 0) is 56.5 Å². The molecular formula is C24H29N5O2S2. The lowest BCUT2D eigenvalue weighted by atomic mass is 10.2. The van der Waals surface area contributed by atoms with E-state index in [-0.39, 0.29) is 0 Å². The lowest BCUT2D eigenvalue weighted by Crippen LogP contribution is -2.27. The highest BCUT2D eigenvalue weighted by atomic mass is 32.2. The maximum atomic E-state index is 12.7. The van der Waals surface area contributed by atoms with Crippen LogP contribution in [0.3, 0.4) is 0 Å². The highest BCUT2D eigenvalue weighted by molar-refractivity contribution is 7.89. The van der Waals surface area contributed by atoms with Gasteiger partial charge in [-0.15, -0.1) is 11.3 Å². The van der Waals surface area contributed by atoms with Gasteiger partial charge in [0.1, 0.15) is 0 Å². The van der Waals surface area contributed by atoms with Crippen molar-refractivity contribution >= 4 is 38.4 Å². The van der Waals surface area contributed by atoms with Crippen molar-refractivity contribution in [1.82, 2.24) is 9.29 Å². The minimum absolute atomic E-state index is 0.332. The van der Waals surface area contributed by atoms with Crippen LogP contribution in [0.5, 0.6) is 0 Å². The molecule has 0 aliphatic carbocycles. The highest BCUT2D eigenvalue weighted by Crippen LogP contribution is 2.27. The van der Waals surface area contributed by atoms with E-state index in [2.05, 4.69) is 46.4 Å². The number of hydrogen-bond acceptors (Lipinski definition) is 7. The monoisotopic (exact) mass is 483 g/mol. The number of anilines is 2. The standard InChI is InChI=1S/C24H29N5O2S2/c1-3-28(4-2)21-11-7-19(8-12-21)17-25-27-24-26-23(18-32-24)20-9-13-22(14-10-20)33(30,31)29-15-5-6-16-29/h7-14,17-18H,3-6,15-16H2,1-2H3,(H,26,27). The second-order valence-electron chi connectivity index (χ2n) is 7.81. The summed E-state index contributed by atoms with van der Waals surface area (Å²) in [6.07, 6.45) is 3.62. The average Bonchev–Trinajstić information content (AvgIpc) is 3.54. The van der Waals surface area contributed by atoms with Gasteiger partial charge in [-0.1, -0.05) is 24.3 Å². The van der Waals surface area contributed by atoms with Gasteiger partial charge in [-0.2, -0.15) is 9.41 Å². The van der Waals surface area contributed by atoms with Crippen molar-refractivity contribution in [3.63, 3.8) is 0 Å². The van der Waals surface area contributed by atoms with Crippen LogP contribution >= 0.6 is 11.3 Å². The van der Waals surface area contributed by atoms with E-state index in [1.54, 1.807) is 22.7 Å². The number of aromatic nitrogens is 1. The summed E-state index contributed by atoms with van der Waals surface area (Å²) >= 11 is 1.45. The topological polar surface area (TPSA) is 77.9 Å². The maximum Gasteiger partial charge on any atom is 0.243 e. The average molecular weight is 484 g/mol. The molecule has 0 bridgehead atoms. The van der Waals surface area contributed by atoms with E-state index in [4.69, 9.17) is 0 Å². The van der Waals surface area contributed by atoms with E-state index in [9.17, 15) is 8.42 Å². The molecule has 3 aromatic rings. The van der Waals surface area contributed by atoms with Gasteiger partial charge in [0, 0.05) is 42.8 Å². The Morgan fingerprint density at radius 3 is 2.36 bits per heavy atom. The van der Waals surface area contributed by atoms with E-state index < -0.39 is 10.0 Å². The van der Waals surface area contributed by atoms with Crippen LogP contribution in [0.2, 0.25) is 0 Å². The van der Waals surface area contributed by atoms with Crippen molar-refractivity contribution in [2.24, 2.45) is 5.10 Å². The Morgan fingerprint density at radius 2 is 1.73 bits per heavy atom. The van der Waals surface area contributed by atoms with Crippen LogP contribution in [-0.2, 0) is 10.0 Å². The third-order valence-corrected chi connectivity index (χ3v) is 8.41. The summed E-state index contributed by atoms with van der Waals surface area (Å²) in [6.45, 7) is 7.47. The molecule has 1 aromatic heterocycles. The predicted molar refractivity (Wildman–Crippen MR) is 137 cm³/mol. The fourth-order valence-corrected chi connectivity index (χ4v) is 6.04. The molecule has 2 heterocycles. The molecule has 0 saturated carbocycles. The molecule has 1 N–H and O–H groups in total. The Balaban J connectivity index is 1.38. The van der Waals surface area contributed by atoms with Crippen molar-refractivity contribution in [3.8, 4) is 11.3 Å². The first kappa shape index (κ1) is 23.4. The van der Waals surface area contributed by atoms with Gasteiger partial charge in [0.25, 0.3) is 0 Å². The molecule has 0 spiro atoms. The first-order valence-corrected chi connectivity index (χ1v) is 13.5. The number of sulfonamides is 1. The first-order chi connectivity index (χ1) is 16.0. The van der Waals surface area contributed by atoms with Gasteiger partial charge in [0.2, 0.25) is 15.2 Å². The molecule has 33 heavy (non-hydrogen) atoms. The van der Waals surface area contributed by atoms with E-state index in [0.29, 0.717) is 23.1 Å². The van der Waals surface area contributed by atoms with Crippen LogP contribution in [0, 0.1) is 0 Å². The van der Waals surface area contributed by atoms with Crippen LogP contribution in [0.15, 0.2) is 63.9 Å². The molecule has 0 atom stereocenters. The van der Waals surface area contributed by atoms with E-state index in [0.717, 1.165) is 42.8 Å². The van der Waals surface area contributed by atoms with Gasteiger partial charge in [-0.3, -0.25) is 5.43 Å². The SMILES string of the molecule is CCN(CC)c1ccc(C=NNc2nc(-c3ccc(S(=O)(=O)N4CCCC4)cc3)cs2)cc1. The van der Waals surface area contributed by atoms with Gasteiger partial charge in [-0.25, -0.2) is 13.4 Å². The Bertz CT molecular complexity index is 1180. The smallest absolute Gasteiger partial charge is 0.243 e. The molecule has 7 nitrogen and oxygen atoms in total. The van der Waals surface area contributed by atoms with Crippen molar-refractivity contribution in [2.75, 3.05) is 36.5 Å². The van der Waals surface area contributed by atoms with Gasteiger partial charge >= 0.3 is 0 Å². The number of nitrogens with zero attached hydrogens (tertiary/aromatic N) is 4. The Kier molecular flexibility index (Phi) is 7.42. The summed E-state index contributed by atoms with van der Waals surface area (Å²) in [5.41, 5.74) is 6.84. The van der Waals surface area contributed by atoms with Crippen molar-refractivity contribution in [3.05, 3.63) is 59.5 Å². The lowest BCUT2D eigenvalue weighted by molar-refractivity contribution is 0.477. The summed E-state index contributed by atoms with van der Waals surface area (Å²) in [6, 6.07) is 15.2. The molecule has 2 aromatic carbocycles. The van der Waals surface area contributed by atoms with Gasteiger partial charge in [0.15, 0.2) is 0 Å². The summed E-state index contributed by atoms with van der Waals surface area (Å²) in [5, 5.41) is 6.91. The second kappa shape index (κ2) is 10.5. The van der Waals surface area contributed by atoms with Gasteiger partial charge < -0.3 is 4.90 Å². The zero-order chi connectivity index (χ0) is 23.3. The summed E-state index contributed by atoms with van der Waals surface area (Å²) in [5.74, 6) is 0. The van der Waals surface area contributed by atoms with E-state index >= 15 is 0 Å². The molecule has 0 amide bonds. The number of hydrogen-bond donors (Lipinski definition) is 1. The third-order valence-electron chi connectivity index (χ3n) is 5.75. The zero-order valence-corrected chi connectivity index (χ0v) is 20.6. The summed E-state index contributed by atoms with van der Waals surface area (Å²) < 4.78 is 26.9. The van der Waals surface area contributed by atoms with Crippen LogP contribution in [0.4, 0.5) is 10.8 Å². The Morgan fingerprint density at radius 1 is 1.06 bits per heavy atom. The zero-order valence-electron chi connectivity index (χ0n) is 18.9. The molecular weight excluding hydrogens is 454 g/mol. The van der Waals surface area contributed by atoms with Crippen LogP contribution in [0.1, 0.15) is 32.3 Å². The quantitative estimate of drug-likeness (QED) is 0.346.